The molecule has 0 saturated carbocycles. The number of carbonyl (C=O) groups is 1. The number of methoxy groups -OCH3 is 1. The van der Waals surface area contributed by atoms with Crippen LogP contribution in [-0.2, 0) is 4.74 Å². The van der Waals surface area contributed by atoms with Crippen molar-refractivity contribution in [1.82, 2.24) is 4.90 Å². The van der Waals surface area contributed by atoms with Crippen molar-refractivity contribution in [2.45, 2.75) is 38.7 Å². The predicted molar refractivity (Wildman–Crippen MR) is 142 cm³/mol. The van der Waals surface area contributed by atoms with Gasteiger partial charge in [-0.25, -0.2) is 4.79 Å². The first-order valence-electron chi connectivity index (χ1n) is 11.7. The highest BCUT2D eigenvalue weighted by molar-refractivity contribution is 9.10. The average molecular weight is 548 g/mol. The van der Waals surface area contributed by atoms with Crippen molar-refractivity contribution in [3.8, 4) is 0 Å². The Kier molecular flexibility index (Phi) is 7.72. The molecule has 34 heavy (non-hydrogen) atoms. The van der Waals surface area contributed by atoms with E-state index in [-0.39, 0.29) is 5.60 Å². The first kappa shape index (κ1) is 25.2. The Balaban J connectivity index is 1.50. The average Bonchev–Trinajstić information content (AvgIpc) is 2.82. The number of anilines is 1. The third-order valence-corrected chi connectivity index (χ3v) is 8.59. The zero-order chi connectivity index (χ0) is 24.5. The normalized spacial score (nSPS) is 21.7. The first-order valence-corrected chi connectivity index (χ1v) is 12.9. The third kappa shape index (κ3) is 5.35. The van der Waals surface area contributed by atoms with E-state index in [1.165, 1.54) is 16.7 Å². The topological polar surface area (TPSA) is 53.0 Å². The van der Waals surface area contributed by atoms with Gasteiger partial charge >= 0.3 is 5.97 Å². The van der Waals surface area contributed by atoms with Gasteiger partial charge in [-0.3, -0.25) is 4.90 Å². The Labute approximate surface area is 215 Å². The number of piperazine rings is 1. The smallest absolute Gasteiger partial charge is 0.336 e. The second-order valence-electron chi connectivity index (χ2n) is 9.56. The predicted octanol–water partition coefficient (Wildman–Crippen LogP) is 6.27. The molecule has 1 atom stereocenters. The molecule has 182 valence electrons. The highest BCUT2D eigenvalue weighted by atomic mass is 79.9. The van der Waals surface area contributed by atoms with Gasteiger partial charge in [-0.1, -0.05) is 23.7 Å². The van der Waals surface area contributed by atoms with Gasteiger partial charge in [0.05, 0.1) is 11.2 Å². The van der Waals surface area contributed by atoms with Gasteiger partial charge in [-0.05, 0) is 95.6 Å². The van der Waals surface area contributed by atoms with Crippen LogP contribution in [0.2, 0.25) is 5.02 Å². The molecule has 2 aromatic rings. The van der Waals surface area contributed by atoms with E-state index in [2.05, 4.69) is 44.8 Å². The van der Waals surface area contributed by atoms with E-state index in [0.29, 0.717) is 10.0 Å². The van der Waals surface area contributed by atoms with Crippen LogP contribution in [0.4, 0.5) is 5.69 Å². The van der Waals surface area contributed by atoms with E-state index in [0.717, 1.165) is 68.3 Å². The van der Waals surface area contributed by atoms with E-state index in [1.807, 2.05) is 32.2 Å². The SMILES string of the molecule is COC1(C)CCC(c2ccc(Cl)cc2)=C(CN2CCN(c3ccc(C(=O)O)c(Br)c3C)CC2)C1. The van der Waals surface area contributed by atoms with Gasteiger partial charge < -0.3 is 14.7 Å². The fraction of sp³-hybridized carbons (Fsp3) is 0.444. The molecule has 0 bridgehead atoms. The number of hydrogen-bond acceptors (Lipinski definition) is 4. The molecule has 2 aromatic carbocycles. The number of carboxylic acids is 1. The van der Waals surface area contributed by atoms with Gasteiger partial charge in [0, 0.05) is 55.0 Å². The van der Waals surface area contributed by atoms with Crippen LogP contribution in [0.25, 0.3) is 5.57 Å². The Morgan fingerprint density at radius 2 is 1.82 bits per heavy atom. The molecule has 0 aromatic heterocycles. The van der Waals surface area contributed by atoms with Crippen LogP contribution >= 0.6 is 27.5 Å². The minimum absolute atomic E-state index is 0.123. The zero-order valence-electron chi connectivity index (χ0n) is 20.0. The molecule has 1 aliphatic heterocycles. The molecule has 4 rings (SSSR count). The Hall–Kier alpha value is -1.86. The number of allylic oxidation sites excluding steroid dienone is 1. The summed E-state index contributed by atoms with van der Waals surface area (Å²) in [6, 6.07) is 11.8. The largest absolute Gasteiger partial charge is 0.478 e. The van der Waals surface area contributed by atoms with Gasteiger partial charge in [0.2, 0.25) is 0 Å². The maximum atomic E-state index is 11.4. The Morgan fingerprint density at radius 1 is 1.15 bits per heavy atom. The molecule has 1 saturated heterocycles. The van der Waals surface area contributed by atoms with Gasteiger partial charge in [0.15, 0.2) is 0 Å². The first-order chi connectivity index (χ1) is 16.2. The van der Waals surface area contributed by atoms with Gasteiger partial charge in [-0.2, -0.15) is 0 Å². The summed E-state index contributed by atoms with van der Waals surface area (Å²) in [6.45, 7) is 8.86. The number of benzene rings is 2. The lowest BCUT2D eigenvalue weighted by molar-refractivity contribution is -0.00391. The summed E-state index contributed by atoms with van der Waals surface area (Å²) in [5, 5.41) is 10.1. The maximum absolute atomic E-state index is 11.4. The van der Waals surface area contributed by atoms with E-state index < -0.39 is 5.97 Å². The summed E-state index contributed by atoms with van der Waals surface area (Å²) >= 11 is 9.62. The van der Waals surface area contributed by atoms with Crippen molar-refractivity contribution in [1.29, 1.82) is 0 Å². The number of hydrogen-bond donors (Lipinski definition) is 1. The maximum Gasteiger partial charge on any atom is 0.336 e. The summed E-state index contributed by atoms with van der Waals surface area (Å²) < 4.78 is 6.56. The van der Waals surface area contributed by atoms with Crippen LogP contribution in [0.3, 0.4) is 0 Å². The minimum atomic E-state index is -0.911. The molecule has 5 nitrogen and oxygen atoms in total. The van der Waals surface area contributed by atoms with Crippen molar-refractivity contribution in [2.24, 2.45) is 0 Å². The molecule has 1 heterocycles. The van der Waals surface area contributed by atoms with Crippen molar-refractivity contribution in [3.63, 3.8) is 0 Å². The van der Waals surface area contributed by atoms with Gasteiger partial charge in [0.25, 0.3) is 0 Å². The Bertz CT molecular complexity index is 1090. The number of ether oxygens (including phenoxy) is 1. The molecular weight excluding hydrogens is 516 g/mol. The van der Waals surface area contributed by atoms with E-state index in [9.17, 15) is 9.90 Å². The van der Waals surface area contributed by atoms with E-state index >= 15 is 0 Å². The summed E-state index contributed by atoms with van der Waals surface area (Å²) in [5.74, 6) is -0.911. The summed E-state index contributed by atoms with van der Waals surface area (Å²) in [5.41, 5.74) is 6.40. The number of nitrogens with zero attached hydrogens (tertiary/aromatic N) is 2. The van der Waals surface area contributed by atoms with Crippen molar-refractivity contribution >= 4 is 44.8 Å². The van der Waals surface area contributed by atoms with Crippen LogP contribution in [0.1, 0.15) is 47.7 Å². The van der Waals surface area contributed by atoms with Crippen LogP contribution in [-0.4, -0.2) is 61.4 Å². The molecule has 1 aliphatic carbocycles. The lowest BCUT2D eigenvalue weighted by Crippen LogP contribution is -2.48. The van der Waals surface area contributed by atoms with Crippen molar-refractivity contribution in [2.75, 3.05) is 44.7 Å². The molecule has 1 unspecified atom stereocenters. The highest BCUT2D eigenvalue weighted by Crippen LogP contribution is 2.40. The second kappa shape index (κ2) is 10.4. The lowest BCUT2D eigenvalue weighted by atomic mass is 9.79. The molecule has 2 aliphatic rings. The molecule has 1 N–H and O–H groups in total. The quantitative estimate of drug-likeness (QED) is 0.462. The molecule has 0 spiro atoms. The molecule has 0 amide bonds. The van der Waals surface area contributed by atoms with Crippen LogP contribution < -0.4 is 4.90 Å². The van der Waals surface area contributed by atoms with E-state index in [4.69, 9.17) is 16.3 Å². The highest BCUT2D eigenvalue weighted by Gasteiger charge is 2.33. The number of carboxylic acid groups (broad SMARTS) is 1. The monoisotopic (exact) mass is 546 g/mol. The molecule has 7 heteroatoms. The fourth-order valence-electron chi connectivity index (χ4n) is 5.14. The Morgan fingerprint density at radius 3 is 2.44 bits per heavy atom. The molecular formula is C27H32BrClN2O3. The summed E-state index contributed by atoms with van der Waals surface area (Å²) in [4.78, 5) is 16.3. The zero-order valence-corrected chi connectivity index (χ0v) is 22.4. The number of rotatable bonds is 6. The standard InChI is InChI=1S/C27H32BrClN2O3/c1-18-24(9-8-23(25(18)28)26(32)33)31-14-12-30(13-15-31)17-20-16-27(2,34-3)11-10-22(20)19-4-6-21(29)7-5-19/h4-9H,10-17H2,1-3H3,(H,32,33). The lowest BCUT2D eigenvalue weighted by Gasteiger charge is -2.40. The van der Waals surface area contributed by atoms with Gasteiger partial charge in [-0.15, -0.1) is 0 Å². The summed E-state index contributed by atoms with van der Waals surface area (Å²) in [7, 11) is 1.82. The second-order valence-corrected chi connectivity index (χ2v) is 10.8. The number of aromatic carboxylic acids is 1. The summed E-state index contributed by atoms with van der Waals surface area (Å²) in [6.07, 6.45) is 2.95. The minimum Gasteiger partial charge on any atom is -0.478 e. The van der Waals surface area contributed by atoms with Crippen molar-refractivity contribution < 1.29 is 14.6 Å². The van der Waals surface area contributed by atoms with Crippen LogP contribution in [0.15, 0.2) is 46.4 Å². The van der Waals surface area contributed by atoms with Crippen molar-refractivity contribution in [3.05, 3.63) is 68.2 Å². The van der Waals surface area contributed by atoms with Crippen LogP contribution in [0.5, 0.6) is 0 Å². The van der Waals surface area contributed by atoms with Gasteiger partial charge in [0.1, 0.15) is 0 Å². The van der Waals surface area contributed by atoms with Crippen LogP contribution in [0, 0.1) is 6.92 Å². The fourth-order valence-corrected chi connectivity index (χ4v) is 5.77. The number of halogens is 2. The third-order valence-electron chi connectivity index (χ3n) is 7.32. The van der Waals surface area contributed by atoms with E-state index in [1.54, 1.807) is 6.07 Å². The molecule has 0 radical (unpaired) electrons. The molecule has 1 fully saturated rings.